The molecule has 1 heterocycles. The van der Waals surface area contributed by atoms with Crippen molar-refractivity contribution in [1.29, 1.82) is 0 Å². The fraction of sp³-hybridized carbons (Fsp3) is 0.250. The van der Waals surface area contributed by atoms with E-state index in [0.29, 0.717) is 33.0 Å². The van der Waals surface area contributed by atoms with Gasteiger partial charge in [0.1, 0.15) is 42.9 Å². The lowest BCUT2D eigenvalue weighted by molar-refractivity contribution is -0.275. The number of fused-ring (bicyclic) bond motifs is 1. The maximum absolute atomic E-state index is 7.40. The van der Waals surface area contributed by atoms with Gasteiger partial charge in [-0.15, -0.1) is 0 Å². The summed E-state index contributed by atoms with van der Waals surface area (Å²) in [4.78, 5) is 0. The van der Waals surface area contributed by atoms with Crippen molar-refractivity contribution in [2.24, 2.45) is 0 Å². The molecule has 1 aliphatic heterocycles. The largest absolute Gasteiger partial charge is 0.489 e. The van der Waals surface area contributed by atoms with E-state index in [-0.39, 0.29) is 6.61 Å². The molecule has 0 radical (unpaired) electrons. The van der Waals surface area contributed by atoms with Crippen molar-refractivity contribution in [2.75, 3.05) is 6.61 Å². The molecule has 314 valence electrons. The van der Waals surface area contributed by atoms with Crippen LogP contribution in [-0.4, -0.2) is 31.0 Å². The SMILES string of the molecule is c1ccc(COC[C@H]2O[C@@H](c3cc(Cc4ccc5c(c4)CC5)ccc3OCc3ccccc3)[C@H](OCc3ccccc3)[C@@H](OCc3ccccc3)[C@@H]2OCc2ccccc2)cc1. The summed E-state index contributed by atoms with van der Waals surface area (Å²) in [5.41, 5.74) is 11.6. The summed E-state index contributed by atoms with van der Waals surface area (Å²) in [7, 11) is 0. The molecule has 5 atom stereocenters. The number of rotatable bonds is 19. The van der Waals surface area contributed by atoms with Crippen LogP contribution in [0.15, 0.2) is 188 Å². The Kier molecular flexibility index (Phi) is 13.9. The van der Waals surface area contributed by atoms with E-state index in [1.54, 1.807) is 0 Å². The van der Waals surface area contributed by atoms with Gasteiger partial charge in [-0.3, -0.25) is 0 Å². The van der Waals surface area contributed by atoms with Gasteiger partial charge in [-0.25, -0.2) is 0 Å². The fourth-order valence-corrected chi connectivity index (χ4v) is 8.43. The second-order valence-electron chi connectivity index (χ2n) is 16.3. The molecule has 0 spiro atoms. The van der Waals surface area contributed by atoms with Crippen LogP contribution in [0.1, 0.15) is 61.7 Å². The molecule has 0 bridgehead atoms. The maximum atomic E-state index is 7.40. The summed E-state index contributed by atoms with van der Waals surface area (Å²) in [6.45, 7) is 2.19. The molecule has 62 heavy (non-hydrogen) atoms. The highest BCUT2D eigenvalue weighted by molar-refractivity contribution is 5.44. The molecule has 7 aromatic carbocycles. The van der Waals surface area contributed by atoms with E-state index in [1.165, 1.54) is 16.7 Å². The summed E-state index contributed by atoms with van der Waals surface area (Å²) in [6, 6.07) is 64.8. The third-order valence-electron chi connectivity index (χ3n) is 11.8. The van der Waals surface area contributed by atoms with Crippen LogP contribution in [0.25, 0.3) is 0 Å². The van der Waals surface area contributed by atoms with Gasteiger partial charge >= 0.3 is 0 Å². The molecule has 0 N–H and O–H groups in total. The van der Waals surface area contributed by atoms with Crippen molar-refractivity contribution in [3.05, 3.63) is 244 Å². The van der Waals surface area contributed by atoms with E-state index in [9.17, 15) is 0 Å². The van der Waals surface area contributed by atoms with Crippen molar-refractivity contribution < 1.29 is 28.4 Å². The molecule has 0 saturated carbocycles. The number of hydrogen-bond acceptors (Lipinski definition) is 6. The second-order valence-corrected chi connectivity index (χ2v) is 16.3. The highest BCUT2D eigenvalue weighted by Gasteiger charge is 2.49. The Hall–Kier alpha value is -5.86. The van der Waals surface area contributed by atoms with Gasteiger partial charge < -0.3 is 28.4 Å². The molecule has 9 rings (SSSR count). The highest BCUT2D eigenvalue weighted by atomic mass is 16.6. The molecular formula is C56H54O6. The number of hydrogen-bond donors (Lipinski definition) is 0. The Morgan fingerprint density at radius 2 is 0.871 bits per heavy atom. The van der Waals surface area contributed by atoms with Gasteiger partial charge in [0.05, 0.1) is 33.0 Å². The highest BCUT2D eigenvalue weighted by Crippen LogP contribution is 2.42. The first-order valence-corrected chi connectivity index (χ1v) is 21.9. The van der Waals surface area contributed by atoms with Crippen molar-refractivity contribution in [1.82, 2.24) is 0 Å². The predicted octanol–water partition coefficient (Wildman–Crippen LogP) is 11.4. The van der Waals surface area contributed by atoms with Crippen molar-refractivity contribution in [3.63, 3.8) is 0 Å². The minimum atomic E-state index is -0.607. The fourth-order valence-electron chi connectivity index (χ4n) is 8.43. The van der Waals surface area contributed by atoms with Gasteiger partial charge in [0.25, 0.3) is 0 Å². The van der Waals surface area contributed by atoms with Crippen molar-refractivity contribution in [3.8, 4) is 5.75 Å². The Bertz CT molecular complexity index is 2430. The Morgan fingerprint density at radius 3 is 1.40 bits per heavy atom. The molecule has 0 unspecified atom stereocenters. The van der Waals surface area contributed by atoms with E-state index in [1.807, 2.05) is 91.0 Å². The molecular weight excluding hydrogens is 769 g/mol. The topological polar surface area (TPSA) is 55.4 Å². The number of aryl methyl sites for hydroxylation is 2. The molecule has 7 aromatic rings. The first-order valence-electron chi connectivity index (χ1n) is 21.9. The monoisotopic (exact) mass is 822 g/mol. The normalized spacial score (nSPS) is 19.3. The lowest BCUT2D eigenvalue weighted by Crippen LogP contribution is -2.58. The quantitative estimate of drug-likeness (QED) is 0.0810. The van der Waals surface area contributed by atoms with Crippen molar-refractivity contribution >= 4 is 0 Å². The standard InChI is InChI=1S/C56H54O6/c1-6-16-41(17-7-1)35-57-40-52-54(59-37-43-20-10-3-11-21-43)56(61-39-45-24-14-5-15-25-45)55(60-38-44-22-12-4-13-23-44)53(62-52)50-34-47(32-46-26-28-48-29-30-49(48)33-46)27-31-51(50)58-36-42-18-8-2-9-19-42/h1-28,31,33-34,52-56H,29-30,32,35-40H2/t52-,53+,54-,55+,56+/m1/s1. The van der Waals surface area contributed by atoms with E-state index in [4.69, 9.17) is 28.4 Å². The smallest absolute Gasteiger partial charge is 0.125 e. The van der Waals surface area contributed by atoms with Crippen LogP contribution in [0.2, 0.25) is 0 Å². The maximum Gasteiger partial charge on any atom is 0.125 e. The van der Waals surface area contributed by atoms with Crippen molar-refractivity contribution in [2.45, 2.75) is 82.8 Å². The summed E-state index contributed by atoms with van der Waals surface area (Å²) in [5.74, 6) is 0.738. The van der Waals surface area contributed by atoms with E-state index < -0.39 is 30.5 Å². The molecule has 2 aliphatic rings. The minimum Gasteiger partial charge on any atom is -0.489 e. The lowest BCUT2D eigenvalue weighted by atomic mass is 9.85. The summed E-state index contributed by atoms with van der Waals surface area (Å²) < 4.78 is 41.9. The zero-order valence-corrected chi connectivity index (χ0v) is 35.1. The Labute approximate surface area is 366 Å². The third kappa shape index (κ3) is 10.8. The van der Waals surface area contributed by atoms with E-state index >= 15 is 0 Å². The summed E-state index contributed by atoms with van der Waals surface area (Å²) in [5, 5.41) is 0. The van der Waals surface area contributed by atoms with Gasteiger partial charge in [0.15, 0.2) is 0 Å². The summed E-state index contributed by atoms with van der Waals surface area (Å²) in [6.07, 6.45) is 0.237. The van der Waals surface area contributed by atoms with Crippen LogP contribution in [0.5, 0.6) is 5.75 Å². The minimum absolute atomic E-state index is 0.274. The average Bonchev–Trinajstić information content (AvgIpc) is 3.32. The van der Waals surface area contributed by atoms with Crippen LogP contribution < -0.4 is 4.74 Å². The zero-order valence-electron chi connectivity index (χ0n) is 35.1. The molecule has 1 saturated heterocycles. The third-order valence-corrected chi connectivity index (χ3v) is 11.8. The first-order chi connectivity index (χ1) is 30.7. The van der Waals surface area contributed by atoms with Gasteiger partial charge in [0, 0.05) is 5.56 Å². The van der Waals surface area contributed by atoms with Crippen LogP contribution in [0, 0.1) is 0 Å². The summed E-state index contributed by atoms with van der Waals surface area (Å²) >= 11 is 0. The second kappa shape index (κ2) is 20.8. The van der Waals surface area contributed by atoms with E-state index in [2.05, 4.69) is 97.1 Å². The first kappa shape index (κ1) is 41.5. The van der Waals surface area contributed by atoms with Crippen LogP contribution in [-0.2, 0) is 76.0 Å². The van der Waals surface area contributed by atoms with Gasteiger partial charge in [-0.1, -0.05) is 176 Å². The zero-order chi connectivity index (χ0) is 41.8. The average molecular weight is 823 g/mol. The Balaban J connectivity index is 1.12. The van der Waals surface area contributed by atoms with Crippen LogP contribution in [0.3, 0.4) is 0 Å². The lowest BCUT2D eigenvalue weighted by Gasteiger charge is -2.46. The van der Waals surface area contributed by atoms with Crippen LogP contribution in [0.4, 0.5) is 0 Å². The molecule has 0 aromatic heterocycles. The van der Waals surface area contributed by atoms with Gasteiger partial charge in [-0.2, -0.15) is 0 Å². The molecule has 0 amide bonds. The molecule has 1 aliphatic carbocycles. The number of ether oxygens (including phenoxy) is 6. The number of benzene rings is 7. The molecule has 6 heteroatoms. The molecule has 6 nitrogen and oxygen atoms in total. The Morgan fingerprint density at radius 1 is 0.403 bits per heavy atom. The molecule has 1 fully saturated rings. The van der Waals surface area contributed by atoms with Crippen LogP contribution >= 0.6 is 0 Å². The van der Waals surface area contributed by atoms with Gasteiger partial charge in [0.2, 0.25) is 0 Å². The predicted molar refractivity (Wildman–Crippen MR) is 243 cm³/mol. The van der Waals surface area contributed by atoms with Gasteiger partial charge in [-0.05, 0) is 81.5 Å². The van der Waals surface area contributed by atoms with E-state index in [0.717, 1.165) is 64.0 Å².